The number of aryl methyl sites for hydroxylation is 1. The van der Waals surface area contributed by atoms with E-state index in [2.05, 4.69) is 5.32 Å². The molecule has 1 aromatic carbocycles. The van der Waals surface area contributed by atoms with Crippen molar-refractivity contribution in [2.45, 2.75) is 42.8 Å². The van der Waals surface area contributed by atoms with Crippen LogP contribution in [0.25, 0.3) is 0 Å². The lowest BCUT2D eigenvalue weighted by Crippen LogP contribution is -2.36. The summed E-state index contributed by atoms with van der Waals surface area (Å²) < 4.78 is 27.3. The van der Waals surface area contributed by atoms with E-state index in [4.69, 9.17) is 10.2 Å². The third kappa shape index (κ3) is 6.44. The summed E-state index contributed by atoms with van der Waals surface area (Å²) in [6.07, 6.45) is 2.02. The van der Waals surface area contributed by atoms with Crippen LogP contribution in [-0.2, 0) is 24.4 Å². The summed E-state index contributed by atoms with van der Waals surface area (Å²) in [6, 6.07) is 4.57. The van der Waals surface area contributed by atoms with Crippen molar-refractivity contribution in [3.8, 4) is 0 Å². The third-order valence-corrected chi connectivity index (χ3v) is 7.70. The first kappa shape index (κ1) is 23.2. The second-order valence-electron chi connectivity index (χ2n) is 6.73. The second-order valence-corrected chi connectivity index (χ2v) is 9.83. The number of piperidine rings is 1. The van der Waals surface area contributed by atoms with Gasteiger partial charge in [0.15, 0.2) is 0 Å². The first-order valence-electron chi connectivity index (χ1n) is 9.08. The number of carbonyl (C=O) groups excluding carboxylic acids is 1. The van der Waals surface area contributed by atoms with Gasteiger partial charge in [-0.05, 0) is 37.5 Å². The largest absolute Gasteiger partial charge is 0.481 e. The number of anilines is 1. The number of carboxylic acids is 2. The monoisotopic (exact) mass is 444 g/mol. The van der Waals surface area contributed by atoms with Crippen LogP contribution in [0, 0.1) is 6.92 Å². The Labute approximate surface area is 173 Å². The van der Waals surface area contributed by atoms with Crippen molar-refractivity contribution in [2.75, 3.05) is 24.2 Å². The van der Waals surface area contributed by atoms with Gasteiger partial charge >= 0.3 is 11.9 Å². The van der Waals surface area contributed by atoms with E-state index in [0.717, 1.165) is 19.3 Å². The molecule has 1 atom stereocenters. The van der Waals surface area contributed by atoms with Crippen LogP contribution in [0.5, 0.6) is 0 Å². The molecule has 1 amide bonds. The van der Waals surface area contributed by atoms with Crippen LogP contribution in [0.3, 0.4) is 0 Å². The standard InChI is InChI=1S/C18H24N2O7S2/c1-12-5-6-13(9-15(12)29(26,27)20-7-3-2-4-8-20)19-16(21)11-28-14(18(24)25)10-17(22)23/h5-6,9,14H,2-4,7-8,10-11H2,1H3,(H,19,21)(H,22,23)(H,24,25)/t14-/m0/s1. The van der Waals surface area contributed by atoms with Gasteiger partial charge in [-0.25, -0.2) is 8.42 Å². The molecule has 2 rings (SSSR count). The van der Waals surface area contributed by atoms with Crippen molar-refractivity contribution < 1.29 is 33.0 Å². The van der Waals surface area contributed by atoms with Crippen LogP contribution >= 0.6 is 11.8 Å². The molecule has 3 N–H and O–H groups in total. The molecule has 1 aliphatic rings. The Morgan fingerprint density at radius 1 is 1.17 bits per heavy atom. The Morgan fingerprint density at radius 2 is 1.83 bits per heavy atom. The highest BCUT2D eigenvalue weighted by Crippen LogP contribution is 2.26. The van der Waals surface area contributed by atoms with Crippen LogP contribution in [0.1, 0.15) is 31.2 Å². The fourth-order valence-corrected chi connectivity index (χ4v) is 5.55. The zero-order valence-corrected chi connectivity index (χ0v) is 17.6. The number of amides is 1. The molecule has 1 saturated heterocycles. The van der Waals surface area contributed by atoms with E-state index in [1.54, 1.807) is 19.1 Å². The van der Waals surface area contributed by atoms with Gasteiger partial charge in [-0.3, -0.25) is 14.4 Å². The second kappa shape index (κ2) is 10.1. The first-order chi connectivity index (χ1) is 13.6. The van der Waals surface area contributed by atoms with Gasteiger partial charge in [-0.1, -0.05) is 12.5 Å². The minimum Gasteiger partial charge on any atom is -0.481 e. The van der Waals surface area contributed by atoms with Crippen LogP contribution in [0.15, 0.2) is 23.1 Å². The number of thioether (sulfide) groups is 1. The first-order valence-corrected chi connectivity index (χ1v) is 11.6. The van der Waals surface area contributed by atoms with E-state index < -0.39 is 39.5 Å². The van der Waals surface area contributed by atoms with Crippen molar-refractivity contribution in [2.24, 2.45) is 0 Å². The van der Waals surface area contributed by atoms with E-state index in [1.165, 1.54) is 10.4 Å². The molecule has 29 heavy (non-hydrogen) atoms. The number of carboxylic acid groups (broad SMARTS) is 2. The molecular weight excluding hydrogens is 420 g/mol. The molecule has 0 aliphatic carbocycles. The van der Waals surface area contributed by atoms with Crippen molar-refractivity contribution in [3.05, 3.63) is 23.8 Å². The van der Waals surface area contributed by atoms with E-state index in [9.17, 15) is 22.8 Å². The van der Waals surface area contributed by atoms with E-state index in [0.29, 0.717) is 30.4 Å². The smallest absolute Gasteiger partial charge is 0.317 e. The number of rotatable bonds is 9. The van der Waals surface area contributed by atoms with Gasteiger partial charge in [0.2, 0.25) is 15.9 Å². The molecule has 11 heteroatoms. The minimum atomic E-state index is -3.67. The number of hydrogen-bond donors (Lipinski definition) is 3. The molecule has 1 heterocycles. The number of nitrogens with zero attached hydrogens (tertiary/aromatic N) is 1. The van der Waals surface area contributed by atoms with Crippen LogP contribution in [0.4, 0.5) is 5.69 Å². The zero-order chi connectivity index (χ0) is 21.6. The summed E-state index contributed by atoms with van der Waals surface area (Å²) in [5.41, 5.74) is 0.845. The molecule has 1 aromatic rings. The summed E-state index contributed by atoms with van der Waals surface area (Å²) in [6.45, 7) is 2.62. The minimum absolute atomic E-state index is 0.124. The van der Waals surface area contributed by atoms with E-state index in [1.807, 2.05) is 0 Å². The number of carbonyl (C=O) groups is 3. The third-order valence-electron chi connectivity index (χ3n) is 4.46. The number of sulfonamides is 1. The predicted molar refractivity (Wildman–Crippen MR) is 109 cm³/mol. The molecule has 1 fully saturated rings. The van der Waals surface area contributed by atoms with Crippen molar-refractivity contribution in [3.63, 3.8) is 0 Å². The highest BCUT2D eigenvalue weighted by atomic mass is 32.2. The topological polar surface area (TPSA) is 141 Å². The normalized spacial score (nSPS) is 16.2. The lowest BCUT2D eigenvalue weighted by molar-refractivity contribution is -0.142. The van der Waals surface area contributed by atoms with Gasteiger partial charge in [0.1, 0.15) is 5.25 Å². The summed E-state index contributed by atoms with van der Waals surface area (Å²) in [4.78, 5) is 34.0. The molecule has 0 aromatic heterocycles. The summed E-state index contributed by atoms with van der Waals surface area (Å²) in [5.74, 6) is -3.39. The van der Waals surface area contributed by atoms with Gasteiger partial charge in [0.25, 0.3) is 0 Å². The van der Waals surface area contributed by atoms with Crippen molar-refractivity contribution >= 4 is 45.3 Å². The molecule has 1 aliphatic heterocycles. The average molecular weight is 445 g/mol. The van der Waals surface area contributed by atoms with Gasteiger partial charge in [0, 0.05) is 18.8 Å². The number of nitrogens with one attached hydrogen (secondary N) is 1. The Bertz CT molecular complexity index is 880. The zero-order valence-electron chi connectivity index (χ0n) is 16.0. The average Bonchev–Trinajstić information content (AvgIpc) is 2.66. The molecule has 0 unspecified atom stereocenters. The van der Waals surface area contributed by atoms with E-state index in [-0.39, 0.29) is 16.3 Å². The summed E-state index contributed by atoms with van der Waals surface area (Å²) >= 11 is 0.702. The lowest BCUT2D eigenvalue weighted by Gasteiger charge is -2.26. The van der Waals surface area contributed by atoms with Crippen LogP contribution in [0.2, 0.25) is 0 Å². The number of hydrogen-bond acceptors (Lipinski definition) is 6. The van der Waals surface area contributed by atoms with E-state index >= 15 is 0 Å². The maximum Gasteiger partial charge on any atom is 0.317 e. The maximum absolute atomic E-state index is 12.9. The molecule has 0 radical (unpaired) electrons. The highest BCUT2D eigenvalue weighted by molar-refractivity contribution is 8.01. The molecular formula is C18H24N2O7S2. The Morgan fingerprint density at radius 3 is 2.41 bits per heavy atom. The fraction of sp³-hybridized carbons (Fsp3) is 0.500. The lowest BCUT2D eigenvalue weighted by atomic mass is 10.2. The highest BCUT2D eigenvalue weighted by Gasteiger charge is 2.28. The molecule has 9 nitrogen and oxygen atoms in total. The number of aliphatic carboxylic acids is 2. The molecule has 160 valence electrons. The SMILES string of the molecule is Cc1ccc(NC(=O)CS[C@@H](CC(=O)O)C(=O)O)cc1S(=O)(=O)N1CCCCC1. The van der Waals surface area contributed by atoms with Crippen LogP contribution in [-0.4, -0.2) is 64.9 Å². The Kier molecular flexibility index (Phi) is 8.05. The quantitative estimate of drug-likeness (QED) is 0.523. The van der Waals surface area contributed by atoms with Gasteiger partial charge < -0.3 is 15.5 Å². The number of benzene rings is 1. The molecule has 0 saturated carbocycles. The van der Waals surface area contributed by atoms with Crippen LogP contribution < -0.4 is 5.32 Å². The predicted octanol–water partition coefficient (Wildman–Crippen LogP) is 1.77. The summed E-state index contributed by atoms with van der Waals surface area (Å²) in [7, 11) is -3.67. The Balaban J connectivity index is 2.08. The fourth-order valence-electron chi connectivity index (χ4n) is 2.95. The molecule has 0 bridgehead atoms. The van der Waals surface area contributed by atoms with Gasteiger partial charge in [-0.2, -0.15) is 4.31 Å². The molecule has 0 spiro atoms. The summed E-state index contributed by atoms with van der Waals surface area (Å²) in [5, 5.41) is 19.1. The van der Waals surface area contributed by atoms with Gasteiger partial charge in [-0.15, -0.1) is 11.8 Å². The maximum atomic E-state index is 12.9. The van der Waals surface area contributed by atoms with Gasteiger partial charge in [0.05, 0.1) is 17.1 Å². The van der Waals surface area contributed by atoms with Crippen molar-refractivity contribution in [1.82, 2.24) is 4.31 Å². The van der Waals surface area contributed by atoms with Crippen molar-refractivity contribution in [1.29, 1.82) is 0 Å². The Hall–Kier alpha value is -2.11.